The smallest absolute Gasteiger partial charge is 0.320 e. The van der Waals surface area contributed by atoms with E-state index in [1.165, 1.54) is 5.16 Å². The highest BCUT2D eigenvalue weighted by atomic mass is 35.5. The van der Waals surface area contributed by atoms with E-state index in [9.17, 15) is 0 Å². The first-order valence-electron chi connectivity index (χ1n) is 4.13. The number of imidazole rings is 1. The first-order valence-corrected chi connectivity index (χ1v) is 5.12. The molecule has 74 valence electrons. The minimum Gasteiger partial charge on any atom is -1.00 e. The molecule has 3 nitrogen and oxygen atoms in total. The molecule has 2 rings (SSSR count). The summed E-state index contributed by atoms with van der Waals surface area (Å²) in [6.45, 7) is 2.82. The zero-order valence-corrected chi connectivity index (χ0v) is 9.31. The number of hydrogen-bond donors (Lipinski definition) is 0. The summed E-state index contributed by atoms with van der Waals surface area (Å²) < 4.78 is 9.89. The standard InChI is InChI=1S/C8H13N2OS.ClH/c1-3-11-7-6-12-8-9(2)4-5-10(7)8;/h4-5,7H,3,6H2,1-2H3;1H/q+1;/p-1. The summed E-state index contributed by atoms with van der Waals surface area (Å²) in [6.07, 6.45) is 4.39. The summed E-state index contributed by atoms with van der Waals surface area (Å²) in [5, 5.41) is 1.29. The van der Waals surface area contributed by atoms with Crippen LogP contribution in [0.3, 0.4) is 0 Å². The van der Waals surface area contributed by atoms with Gasteiger partial charge >= 0.3 is 5.16 Å². The van der Waals surface area contributed by atoms with E-state index in [1.807, 2.05) is 18.7 Å². The Bertz CT molecular complexity index is 290. The number of thioether (sulfide) groups is 1. The molecule has 0 amide bonds. The van der Waals surface area contributed by atoms with Gasteiger partial charge in [-0.15, -0.1) is 0 Å². The van der Waals surface area contributed by atoms with Crippen LogP contribution >= 0.6 is 11.8 Å². The molecule has 1 aliphatic rings. The molecule has 0 radical (unpaired) electrons. The Morgan fingerprint density at radius 1 is 1.77 bits per heavy atom. The molecule has 1 unspecified atom stereocenters. The number of fused-ring (bicyclic) bond motifs is 1. The van der Waals surface area contributed by atoms with Gasteiger partial charge in [-0.3, -0.25) is 0 Å². The largest absolute Gasteiger partial charge is 1.00 e. The number of hydrogen-bond acceptors (Lipinski definition) is 2. The lowest BCUT2D eigenvalue weighted by Crippen LogP contribution is -3.00. The van der Waals surface area contributed by atoms with Gasteiger partial charge in [0.05, 0.1) is 12.8 Å². The van der Waals surface area contributed by atoms with E-state index in [1.54, 1.807) is 0 Å². The molecule has 0 aliphatic carbocycles. The Morgan fingerprint density at radius 2 is 2.54 bits per heavy atom. The number of ether oxygens (including phenoxy) is 1. The average molecular weight is 221 g/mol. The van der Waals surface area contributed by atoms with Crippen LogP contribution in [-0.2, 0) is 11.8 Å². The molecule has 0 bridgehead atoms. The fourth-order valence-corrected chi connectivity index (χ4v) is 2.56. The van der Waals surface area contributed by atoms with Gasteiger partial charge in [-0.05, 0) is 18.7 Å². The van der Waals surface area contributed by atoms with Crippen LogP contribution in [0.15, 0.2) is 17.6 Å². The molecular formula is C8H13ClN2OS. The van der Waals surface area contributed by atoms with Crippen molar-refractivity contribution in [2.45, 2.75) is 18.3 Å². The van der Waals surface area contributed by atoms with Crippen molar-refractivity contribution in [2.75, 3.05) is 12.4 Å². The van der Waals surface area contributed by atoms with Crippen molar-refractivity contribution in [3.63, 3.8) is 0 Å². The molecule has 1 aromatic heterocycles. The summed E-state index contributed by atoms with van der Waals surface area (Å²) in [4.78, 5) is 0. The van der Waals surface area contributed by atoms with Gasteiger partial charge in [0.2, 0.25) is 6.23 Å². The molecule has 1 aromatic rings. The quantitative estimate of drug-likeness (QED) is 0.535. The summed E-state index contributed by atoms with van der Waals surface area (Å²) >= 11 is 1.85. The maximum Gasteiger partial charge on any atom is 0.320 e. The molecule has 0 spiro atoms. The second kappa shape index (κ2) is 4.35. The molecule has 0 fully saturated rings. The third-order valence-corrected chi connectivity index (χ3v) is 3.21. The van der Waals surface area contributed by atoms with E-state index in [0.29, 0.717) is 0 Å². The second-order valence-corrected chi connectivity index (χ2v) is 3.81. The van der Waals surface area contributed by atoms with Gasteiger partial charge in [0.15, 0.2) is 0 Å². The minimum atomic E-state index is 0. The highest BCUT2D eigenvalue weighted by Crippen LogP contribution is 2.30. The predicted octanol–water partition coefficient (Wildman–Crippen LogP) is -2.04. The zero-order chi connectivity index (χ0) is 8.55. The highest BCUT2D eigenvalue weighted by Gasteiger charge is 2.31. The lowest BCUT2D eigenvalue weighted by molar-refractivity contribution is -0.709. The number of aromatic nitrogens is 2. The first kappa shape index (κ1) is 10.9. The molecule has 2 heterocycles. The van der Waals surface area contributed by atoms with Crippen LogP contribution in [0.2, 0.25) is 0 Å². The maximum absolute atomic E-state index is 5.57. The van der Waals surface area contributed by atoms with Crippen molar-refractivity contribution >= 4 is 11.8 Å². The van der Waals surface area contributed by atoms with Crippen LogP contribution < -0.4 is 17.0 Å². The molecule has 0 saturated heterocycles. The molecule has 0 saturated carbocycles. The van der Waals surface area contributed by atoms with Gasteiger partial charge < -0.3 is 17.1 Å². The van der Waals surface area contributed by atoms with Gasteiger partial charge in [0.1, 0.15) is 12.4 Å². The zero-order valence-electron chi connectivity index (χ0n) is 7.74. The predicted molar refractivity (Wildman–Crippen MR) is 47.0 cm³/mol. The van der Waals surface area contributed by atoms with Gasteiger partial charge in [-0.1, -0.05) is 0 Å². The Labute approximate surface area is 88.5 Å². The molecular weight excluding hydrogens is 208 g/mol. The highest BCUT2D eigenvalue weighted by molar-refractivity contribution is 7.99. The number of halogens is 1. The number of aryl methyl sites for hydroxylation is 1. The van der Waals surface area contributed by atoms with Crippen LogP contribution in [0.1, 0.15) is 13.2 Å². The Hall–Kier alpha value is -0.190. The van der Waals surface area contributed by atoms with Gasteiger partial charge in [0, 0.05) is 6.61 Å². The Morgan fingerprint density at radius 3 is 3.23 bits per heavy atom. The monoisotopic (exact) mass is 220 g/mol. The van der Waals surface area contributed by atoms with E-state index in [2.05, 4.69) is 28.6 Å². The number of nitrogens with zero attached hydrogens (tertiary/aromatic N) is 2. The van der Waals surface area contributed by atoms with E-state index >= 15 is 0 Å². The van der Waals surface area contributed by atoms with Crippen molar-refractivity contribution in [1.29, 1.82) is 0 Å². The summed E-state index contributed by atoms with van der Waals surface area (Å²) in [5.41, 5.74) is 0. The molecule has 1 atom stereocenters. The SMILES string of the molecule is CCOC1CSc2n1cc[n+]2C.[Cl-]. The second-order valence-electron chi connectivity index (χ2n) is 2.82. The van der Waals surface area contributed by atoms with Gasteiger partial charge in [-0.2, -0.15) is 4.57 Å². The van der Waals surface area contributed by atoms with Gasteiger partial charge in [-0.25, -0.2) is 4.57 Å². The molecule has 1 aliphatic heterocycles. The fraction of sp³-hybridized carbons (Fsp3) is 0.625. The summed E-state index contributed by atoms with van der Waals surface area (Å²) in [7, 11) is 2.06. The summed E-state index contributed by atoms with van der Waals surface area (Å²) in [5.74, 6) is 1.04. The van der Waals surface area contributed by atoms with E-state index < -0.39 is 0 Å². The molecule has 0 N–H and O–H groups in total. The van der Waals surface area contributed by atoms with Crippen molar-refractivity contribution in [2.24, 2.45) is 7.05 Å². The van der Waals surface area contributed by atoms with Gasteiger partial charge in [0.25, 0.3) is 0 Å². The lowest BCUT2D eigenvalue weighted by atomic mass is 10.6. The Balaban J connectivity index is 0.000000845. The van der Waals surface area contributed by atoms with Crippen LogP contribution in [0.25, 0.3) is 0 Å². The van der Waals surface area contributed by atoms with E-state index in [4.69, 9.17) is 4.74 Å². The summed E-state index contributed by atoms with van der Waals surface area (Å²) in [6, 6.07) is 0. The van der Waals surface area contributed by atoms with Crippen LogP contribution in [-0.4, -0.2) is 16.9 Å². The minimum absolute atomic E-state index is 0. The third-order valence-electron chi connectivity index (χ3n) is 2.00. The van der Waals surface area contributed by atoms with Crippen molar-refractivity contribution in [1.82, 2.24) is 4.57 Å². The first-order chi connectivity index (χ1) is 5.83. The average Bonchev–Trinajstić information content (AvgIpc) is 2.58. The van der Waals surface area contributed by atoms with Crippen LogP contribution in [0, 0.1) is 0 Å². The van der Waals surface area contributed by atoms with Crippen molar-refractivity contribution in [3.8, 4) is 0 Å². The topological polar surface area (TPSA) is 18.0 Å². The maximum atomic E-state index is 5.57. The Kier molecular flexibility index (Phi) is 3.64. The normalized spacial score (nSPS) is 19.7. The molecule has 0 aromatic carbocycles. The lowest BCUT2D eigenvalue weighted by Gasteiger charge is -2.05. The van der Waals surface area contributed by atoms with E-state index in [-0.39, 0.29) is 18.6 Å². The van der Waals surface area contributed by atoms with Crippen molar-refractivity contribution < 1.29 is 21.7 Å². The molecule has 13 heavy (non-hydrogen) atoms. The number of rotatable bonds is 2. The van der Waals surface area contributed by atoms with Crippen molar-refractivity contribution in [3.05, 3.63) is 12.4 Å². The van der Waals surface area contributed by atoms with Crippen LogP contribution in [0.5, 0.6) is 0 Å². The van der Waals surface area contributed by atoms with E-state index in [0.717, 1.165) is 12.4 Å². The molecule has 5 heteroatoms. The fourth-order valence-electron chi connectivity index (χ4n) is 1.42. The van der Waals surface area contributed by atoms with Crippen LogP contribution in [0.4, 0.5) is 0 Å². The third kappa shape index (κ3) is 1.85.